The van der Waals surface area contributed by atoms with E-state index in [4.69, 9.17) is 17.2 Å². The van der Waals surface area contributed by atoms with Crippen molar-refractivity contribution in [2.24, 2.45) is 34.0 Å². The molecule has 0 aliphatic carbocycles. The molecule has 0 radical (unpaired) electrons. The highest BCUT2D eigenvalue weighted by molar-refractivity contribution is 5.94. The summed E-state index contributed by atoms with van der Waals surface area (Å²) in [5.74, 6) is -3.41. The van der Waals surface area contributed by atoms with Crippen LogP contribution in [0.2, 0.25) is 0 Å². The van der Waals surface area contributed by atoms with Gasteiger partial charge in [-0.1, -0.05) is 39.8 Å². The van der Waals surface area contributed by atoms with Crippen molar-refractivity contribution < 1.29 is 29.4 Å². The van der Waals surface area contributed by atoms with E-state index >= 15 is 0 Å². The number of rotatable bonds is 16. The molecule has 1 aromatic rings. The monoisotopic (exact) mass is 549 g/mol. The summed E-state index contributed by atoms with van der Waals surface area (Å²) in [4.78, 5) is 54.6. The zero-order valence-corrected chi connectivity index (χ0v) is 23.0. The molecule has 1 rings (SSSR count). The second kappa shape index (κ2) is 16.2. The van der Waals surface area contributed by atoms with Crippen LogP contribution in [0.4, 0.5) is 0 Å². The van der Waals surface area contributed by atoms with E-state index in [-0.39, 0.29) is 49.4 Å². The summed E-state index contributed by atoms with van der Waals surface area (Å²) in [7, 11) is 0. The number of nitrogens with zero attached hydrogens (tertiary/aromatic N) is 1. The van der Waals surface area contributed by atoms with Crippen LogP contribution in [0, 0.1) is 11.8 Å². The van der Waals surface area contributed by atoms with Crippen molar-refractivity contribution in [3.63, 3.8) is 0 Å². The third kappa shape index (κ3) is 12.5. The van der Waals surface area contributed by atoms with Crippen molar-refractivity contribution in [1.82, 2.24) is 16.0 Å². The molecule has 39 heavy (non-hydrogen) atoms. The molecule has 1 aromatic carbocycles. The Morgan fingerprint density at radius 1 is 0.897 bits per heavy atom. The Balaban J connectivity index is 2.98. The lowest BCUT2D eigenvalue weighted by Crippen LogP contribution is -2.58. The zero-order valence-electron chi connectivity index (χ0n) is 23.0. The Morgan fingerprint density at radius 2 is 1.49 bits per heavy atom. The number of guanidine groups is 1. The van der Waals surface area contributed by atoms with Crippen molar-refractivity contribution in [1.29, 1.82) is 0 Å². The number of carboxylic acids is 1. The molecule has 4 unspecified atom stereocenters. The number of aliphatic carboxylic acids is 1. The maximum absolute atomic E-state index is 13.2. The molecule has 13 heteroatoms. The number of nitrogens with one attached hydrogen (secondary N) is 3. The molecule has 4 atom stereocenters. The molecule has 11 N–H and O–H groups in total. The number of amides is 3. The largest absolute Gasteiger partial charge is 0.508 e. The number of phenols is 1. The smallest absolute Gasteiger partial charge is 0.326 e. The van der Waals surface area contributed by atoms with Gasteiger partial charge in [0.15, 0.2) is 5.96 Å². The summed E-state index contributed by atoms with van der Waals surface area (Å²) in [5, 5.41) is 26.7. The molecule has 218 valence electrons. The maximum atomic E-state index is 13.2. The summed E-state index contributed by atoms with van der Waals surface area (Å²) in [5.41, 5.74) is 17.5. The summed E-state index contributed by atoms with van der Waals surface area (Å²) in [6.07, 6.45) is 0.843. The van der Waals surface area contributed by atoms with Crippen LogP contribution in [0.5, 0.6) is 5.75 Å². The van der Waals surface area contributed by atoms with Gasteiger partial charge < -0.3 is 43.4 Å². The Bertz CT molecular complexity index is 993. The van der Waals surface area contributed by atoms with Gasteiger partial charge >= 0.3 is 5.97 Å². The molecule has 3 amide bonds. The second-order valence-electron chi connectivity index (χ2n) is 10.2. The number of hydrogen-bond donors (Lipinski definition) is 8. The molecule has 13 nitrogen and oxygen atoms in total. The number of benzene rings is 1. The van der Waals surface area contributed by atoms with Crippen molar-refractivity contribution >= 4 is 29.7 Å². The molecule has 0 spiro atoms. The number of aliphatic imine (C=N–C) groups is 1. The predicted molar refractivity (Wildman–Crippen MR) is 147 cm³/mol. The third-order valence-electron chi connectivity index (χ3n) is 5.88. The van der Waals surface area contributed by atoms with Crippen LogP contribution >= 0.6 is 0 Å². The molecule has 0 saturated heterocycles. The van der Waals surface area contributed by atoms with Gasteiger partial charge in [-0.15, -0.1) is 0 Å². The first-order valence-electron chi connectivity index (χ1n) is 12.9. The van der Waals surface area contributed by atoms with Gasteiger partial charge in [-0.25, -0.2) is 4.79 Å². The first-order chi connectivity index (χ1) is 18.2. The molecule has 0 fully saturated rings. The van der Waals surface area contributed by atoms with Crippen LogP contribution in [-0.4, -0.2) is 70.6 Å². The van der Waals surface area contributed by atoms with E-state index in [1.54, 1.807) is 26.0 Å². The lowest BCUT2D eigenvalue weighted by molar-refractivity contribution is -0.143. The van der Waals surface area contributed by atoms with Gasteiger partial charge in [-0.2, -0.15) is 0 Å². The van der Waals surface area contributed by atoms with Crippen LogP contribution in [-0.2, 0) is 25.6 Å². The van der Waals surface area contributed by atoms with Gasteiger partial charge in [-0.3, -0.25) is 19.4 Å². The number of carboxylic acid groups (broad SMARTS) is 1. The van der Waals surface area contributed by atoms with Gasteiger partial charge in [0.1, 0.15) is 23.9 Å². The number of nitrogens with two attached hydrogens (primary N) is 3. The first kappa shape index (κ1) is 33.2. The van der Waals surface area contributed by atoms with Crippen molar-refractivity contribution in [2.75, 3.05) is 6.54 Å². The lowest BCUT2D eigenvalue weighted by Gasteiger charge is -2.27. The predicted octanol–water partition coefficient (Wildman–Crippen LogP) is -0.443. The van der Waals surface area contributed by atoms with E-state index in [0.717, 1.165) is 5.56 Å². The molecule has 0 aliphatic heterocycles. The fourth-order valence-electron chi connectivity index (χ4n) is 3.77. The molecule has 0 aromatic heterocycles. The first-order valence-corrected chi connectivity index (χ1v) is 12.9. The minimum atomic E-state index is -1.18. The maximum Gasteiger partial charge on any atom is 0.326 e. The number of carbonyl (C=O) groups excluding carboxylic acids is 3. The summed E-state index contributed by atoms with van der Waals surface area (Å²) in [6.45, 7) is 7.32. The van der Waals surface area contributed by atoms with Gasteiger partial charge in [0.25, 0.3) is 0 Å². The van der Waals surface area contributed by atoms with E-state index in [1.807, 2.05) is 13.8 Å². The highest BCUT2D eigenvalue weighted by atomic mass is 16.4. The van der Waals surface area contributed by atoms with Crippen molar-refractivity contribution in [3.05, 3.63) is 29.8 Å². The lowest BCUT2D eigenvalue weighted by atomic mass is 10.00. The van der Waals surface area contributed by atoms with Crippen molar-refractivity contribution in [3.8, 4) is 5.75 Å². The fourth-order valence-corrected chi connectivity index (χ4v) is 3.77. The number of phenolic OH excluding ortho intramolecular Hbond substituents is 1. The molecular weight excluding hydrogens is 506 g/mol. The van der Waals surface area contributed by atoms with E-state index in [2.05, 4.69) is 20.9 Å². The normalized spacial score (nSPS) is 14.1. The second-order valence-corrected chi connectivity index (χ2v) is 10.2. The summed E-state index contributed by atoms with van der Waals surface area (Å²) in [6, 6.07) is 2.06. The topological polar surface area (TPSA) is 235 Å². The van der Waals surface area contributed by atoms with Gasteiger partial charge in [-0.05, 0) is 55.2 Å². The van der Waals surface area contributed by atoms with Crippen LogP contribution in [0.1, 0.15) is 52.5 Å². The highest BCUT2D eigenvalue weighted by Crippen LogP contribution is 2.12. The van der Waals surface area contributed by atoms with Gasteiger partial charge in [0.2, 0.25) is 17.7 Å². The number of carbonyl (C=O) groups is 4. The average Bonchev–Trinajstić information content (AvgIpc) is 2.84. The third-order valence-corrected chi connectivity index (χ3v) is 5.88. The molecule has 0 aliphatic rings. The van der Waals surface area contributed by atoms with Gasteiger partial charge in [0, 0.05) is 6.54 Å². The standard InChI is InChI=1S/C26H43N7O6/c1-14(2)12-20(25(38)39)32-23(36)19(6-5-11-30-26(28)29)31-24(37)21(15(3)4)33-22(35)18(27)13-16-7-9-17(34)10-8-16/h7-10,14-15,18-21,34H,5-6,11-13,27H2,1-4H3,(H,31,37)(H,32,36)(H,33,35)(H,38,39)(H4,28,29,30). The number of hydrogen-bond acceptors (Lipinski definition) is 7. The molecule has 0 saturated carbocycles. The zero-order chi connectivity index (χ0) is 29.7. The quantitative estimate of drug-likeness (QED) is 0.0756. The van der Waals surface area contributed by atoms with Crippen LogP contribution in [0.25, 0.3) is 0 Å². The van der Waals surface area contributed by atoms with Crippen LogP contribution in [0.15, 0.2) is 29.3 Å². The van der Waals surface area contributed by atoms with Gasteiger partial charge in [0.05, 0.1) is 6.04 Å². The Labute approximate surface area is 229 Å². The van der Waals surface area contributed by atoms with E-state index < -0.39 is 47.9 Å². The summed E-state index contributed by atoms with van der Waals surface area (Å²) >= 11 is 0. The van der Waals surface area contributed by atoms with E-state index in [0.29, 0.717) is 6.42 Å². The molecule has 0 bridgehead atoms. The van der Waals surface area contributed by atoms with Crippen LogP contribution in [0.3, 0.4) is 0 Å². The van der Waals surface area contributed by atoms with Crippen molar-refractivity contribution in [2.45, 2.75) is 77.5 Å². The average molecular weight is 550 g/mol. The Morgan fingerprint density at radius 3 is 2.00 bits per heavy atom. The SMILES string of the molecule is CC(C)CC(NC(=O)C(CCCN=C(N)N)NC(=O)C(NC(=O)C(N)Cc1ccc(O)cc1)C(C)C)C(=O)O. The highest BCUT2D eigenvalue weighted by Gasteiger charge is 2.31. The van der Waals surface area contributed by atoms with E-state index in [1.165, 1.54) is 12.1 Å². The summed E-state index contributed by atoms with van der Waals surface area (Å²) < 4.78 is 0. The molecular formula is C26H43N7O6. The van der Waals surface area contributed by atoms with Crippen LogP contribution < -0.4 is 33.2 Å². The van der Waals surface area contributed by atoms with E-state index in [9.17, 15) is 29.4 Å². The minimum Gasteiger partial charge on any atom is -0.508 e. The molecule has 0 heterocycles. The Hall–Kier alpha value is -3.87. The number of aromatic hydroxyl groups is 1. The Kier molecular flexibility index (Phi) is 13.7. The fraction of sp³-hybridized carbons (Fsp3) is 0.577. The minimum absolute atomic E-state index is 0.00706.